The summed E-state index contributed by atoms with van der Waals surface area (Å²) in [5.74, 6) is 6.23. The Kier molecular flexibility index (Phi) is 8.94. The van der Waals surface area contributed by atoms with Gasteiger partial charge in [0, 0.05) is 17.7 Å². The highest BCUT2D eigenvalue weighted by molar-refractivity contribution is 6.13. The van der Waals surface area contributed by atoms with Crippen molar-refractivity contribution in [2.45, 2.75) is 13.2 Å². The number of phenols is 1. The molecule has 1 N–H and O–H groups in total. The number of phenolic OH excluding ortho intramolecular Hbond substituents is 1. The van der Waals surface area contributed by atoms with E-state index in [-0.39, 0.29) is 30.3 Å². The molecule has 0 radical (unpaired) electrons. The van der Waals surface area contributed by atoms with Gasteiger partial charge >= 0.3 is 0 Å². The molecule has 39 heavy (non-hydrogen) atoms. The molecule has 0 aliphatic heterocycles. The Bertz CT molecular complexity index is 1460. The van der Waals surface area contributed by atoms with E-state index in [9.17, 15) is 9.90 Å². The molecule has 0 bridgehead atoms. The van der Waals surface area contributed by atoms with E-state index in [2.05, 4.69) is 11.8 Å². The highest BCUT2D eigenvalue weighted by atomic mass is 16.5. The lowest BCUT2D eigenvalue weighted by Crippen LogP contribution is -2.05. The van der Waals surface area contributed by atoms with Gasteiger partial charge in [-0.15, -0.1) is 0 Å². The third kappa shape index (κ3) is 6.82. The standard InChI is InChI=1S/C32H28O7/c1-35-29-16-24(17-30(36-2)32(29)37-3)14-15-26(33)31-27(34)18-25(38-20-22-10-6-4-7-11-22)19-28(31)39-21-23-12-8-5-9-13-23/h4-13,16-19,34H,20-21H2,1-3H3. The number of hydrogen-bond donors (Lipinski definition) is 1. The van der Waals surface area contributed by atoms with Crippen LogP contribution in [0.5, 0.6) is 34.5 Å². The maximum Gasteiger partial charge on any atom is 0.243 e. The fraction of sp³-hybridized carbons (Fsp3) is 0.156. The number of carbonyl (C=O) groups is 1. The van der Waals surface area contributed by atoms with Crippen LogP contribution in [0.4, 0.5) is 0 Å². The molecule has 7 nitrogen and oxygen atoms in total. The number of ketones is 1. The van der Waals surface area contributed by atoms with E-state index in [1.54, 1.807) is 18.2 Å². The van der Waals surface area contributed by atoms with Crippen molar-refractivity contribution in [3.8, 4) is 46.3 Å². The molecule has 0 aromatic heterocycles. The first-order valence-corrected chi connectivity index (χ1v) is 12.1. The summed E-state index contributed by atoms with van der Waals surface area (Å²) in [6.07, 6.45) is 0. The molecule has 4 aromatic rings. The van der Waals surface area contributed by atoms with E-state index in [0.29, 0.717) is 28.6 Å². The first-order valence-electron chi connectivity index (χ1n) is 12.1. The lowest BCUT2D eigenvalue weighted by Gasteiger charge is -2.14. The van der Waals surface area contributed by atoms with Crippen molar-refractivity contribution in [3.63, 3.8) is 0 Å². The van der Waals surface area contributed by atoms with Crippen LogP contribution in [0.1, 0.15) is 27.0 Å². The normalized spacial score (nSPS) is 10.1. The molecule has 0 saturated heterocycles. The lowest BCUT2D eigenvalue weighted by molar-refractivity contribution is 0.104. The second kappa shape index (κ2) is 12.9. The van der Waals surface area contributed by atoms with Gasteiger partial charge in [-0.2, -0.15) is 0 Å². The van der Waals surface area contributed by atoms with Crippen molar-refractivity contribution in [3.05, 3.63) is 107 Å². The summed E-state index contributed by atoms with van der Waals surface area (Å²) in [7, 11) is 4.49. The third-order valence-electron chi connectivity index (χ3n) is 5.75. The van der Waals surface area contributed by atoms with Crippen molar-refractivity contribution >= 4 is 5.78 Å². The summed E-state index contributed by atoms with van der Waals surface area (Å²) in [6, 6.07) is 25.4. The number of rotatable bonds is 10. The molecule has 0 spiro atoms. The average molecular weight is 525 g/mol. The molecule has 0 atom stereocenters. The van der Waals surface area contributed by atoms with Gasteiger partial charge in [-0.3, -0.25) is 4.79 Å². The summed E-state index contributed by atoms with van der Waals surface area (Å²) < 4.78 is 27.9. The molecule has 4 rings (SSSR count). The van der Waals surface area contributed by atoms with Crippen molar-refractivity contribution in [2.24, 2.45) is 0 Å². The summed E-state index contributed by atoms with van der Waals surface area (Å²) in [5.41, 5.74) is 2.26. The fourth-order valence-corrected chi connectivity index (χ4v) is 3.82. The number of methoxy groups -OCH3 is 3. The van der Waals surface area contributed by atoms with E-state index in [4.69, 9.17) is 23.7 Å². The van der Waals surface area contributed by atoms with E-state index in [1.807, 2.05) is 60.7 Å². The average Bonchev–Trinajstić information content (AvgIpc) is 2.98. The minimum atomic E-state index is -0.626. The molecule has 0 heterocycles. The van der Waals surface area contributed by atoms with E-state index in [0.717, 1.165) is 11.1 Å². The predicted octanol–water partition coefficient (Wildman–Crippen LogP) is 5.81. The van der Waals surface area contributed by atoms with Crippen molar-refractivity contribution < 1.29 is 33.6 Å². The van der Waals surface area contributed by atoms with Crippen LogP contribution in [0.15, 0.2) is 84.9 Å². The Labute approximate surface area is 227 Å². The van der Waals surface area contributed by atoms with Gasteiger partial charge in [-0.1, -0.05) is 66.6 Å². The second-order valence-corrected chi connectivity index (χ2v) is 8.36. The first kappa shape index (κ1) is 27.0. The minimum Gasteiger partial charge on any atom is -0.507 e. The quantitative estimate of drug-likeness (QED) is 0.207. The van der Waals surface area contributed by atoms with Crippen LogP contribution in [0.3, 0.4) is 0 Å². The van der Waals surface area contributed by atoms with Gasteiger partial charge in [0.05, 0.1) is 21.3 Å². The summed E-state index contributed by atoms with van der Waals surface area (Å²) in [5, 5.41) is 10.9. The molecular formula is C32H28O7. The fourth-order valence-electron chi connectivity index (χ4n) is 3.82. The molecular weight excluding hydrogens is 496 g/mol. The van der Waals surface area contributed by atoms with Crippen LogP contribution < -0.4 is 23.7 Å². The summed E-state index contributed by atoms with van der Waals surface area (Å²) in [4.78, 5) is 13.3. The Morgan fingerprint density at radius 2 is 1.28 bits per heavy atom. The van der Waals surface area contributed by atoms with Crippen molar-refractivity contribution in [1.29, 1.82) is 0 Å². The summed E-state index contributed by atoms with van der Waals surface area (Å²) >= 11 is 0. The molecule has 7 heteroatoms. The maximum atomic E-state index is 13.3. The molecule has 0 amide bonds. The second-order valence-electron chi connectivity index (χ2n) is 8.36. The molecule has 0 saturated carbocycles. The van der Waals surface area contributed by atoms with Gasteiger partial charge in [-0.05, 0) is 29.2 Å². The number of benzene rings is 4. The Morgan fingerprint density at radius 3 is 1.82 bits per heavy atom. The Morgan fingerprint density at radius 1 is 0.718 bits per heavy atom. The Hall–Kier alpha value is -5.09. The van der Waals surface area contributed by atoms with Gasteiger partial charge in [0.2, 0.25) is 11.5 Å². The monoisotopic (exact) mass is 524 g/mol. The number of hydrogen-bond acceptors (Lipinski definition) is 7. The van der Waals surface area contributed by atoms with Crippen LogP contribution >= 0.6 is 0 Å². The zero-order valence-corrected chi connectivity index (χ0v) is 21.9. The number of aromatic hydroxyl groups is 1. The van der Waals surface area contributed by atoms with Crippen LogP contribution in [-0.4, -0.2) is 32.2 Å². The molecule has 4 aromatic carbocycles. The first-order chi connectivity index (χ1) is 19.0. The topological polar surface area (TPSA) is 83.5 Å². The highest BCUT2D eigenvalue weighted by Gasteiger charge is 2.20. The zero-order valence-electron chi connectivity index (χ0n) is 21.9. The SMILES string of the molecule is COc1cc(C#CC(=O)c2c(O)cc(OCc3ccccc3)cc2OCc2ccccc2)cc(OC)c1OC. The van der Waals surface area contributed by atoms with Crippen molar-refractivity contribution in [1.82, 2.24) is 0 Å². The lowest BCUT2D eigenvalue weighted by atomic mass is 10.1. The summed E-state index contributed by atoms with van der Waals surface area (Å²) in [6.45, 7) is 0.468. The van der Waals surface area contributed by atoms with E-state index >= 15 is 0 Å². The molecule has 0 aliphatic rings. The van der Waals surface area contributed by atoms with Crippen LogP contribution in [0, 0.1) is 11.8 Å². The molecule has 198 valence electrons. The predicted molar refractivity (Wildman–Crippen MR) is 147 cm³/mol. The van der Waals surface area contributed by atoms with Crippen LogP contribution in [-0.2, 0) is 13.2 Å². The maximum absolute atomic E-state index is 13.3. The van der Waals surface area contributed by atoms with Gasteiger partial charge in [0.15, 0.2) is 11.5 Å². The van der Waals surface area contributed by atoms with Crippen LogP contribution in [0.25, 0.3) is 0 Å². The molecule has 0 fully saturated rings. The van der Waals surface area contributed by atoms with Gasteiger partial charge < -0.3 is 28.8 Å². The molecule has 0 aliphatic carbocycles. The number of Topliss-reactive ketones (excluding diaryl/α,β-unsaturated/α-hetero) is 1. The van der Waals surface area contributed by atoms with Gasteiger partial charge in [0.25, 0.3) is 0 Å². The van der Waals surface area contributed by atoms with Gasteiger partial charge in [-0.25, -0.2) is 0 Å². The molecule has 0 unspecified atom stereocenters. The van der Waals surface area contributed by atoms with E-state index in [1.165, 1.54) is 27.4 Å². The smallest absolute Gasteiger partial charge is 0.243 e. The minimum absolute atomic E-state index is 0.0575. The number of carbonyl (C=O) groups excluding carboxylic acids is 1. The zero-order chi connectivity index (χ0) is 27.6. The largest absolute Gasteiger partial charge is 0.507 e. The van der Waals surface area contributed by atoms with Gasteiger partial charge in [0.1, 0.15) is 36.0 Å². The van der Waals surface area contributed by atoms with Crippen LogP contribution in [0.2, 0.25) is 0 Å². The Balaban J connectivity index is 1.65. The highest BCUT2D eigenvalue weighted by Crippen LogP contribution is 2.38. The van der Waals surface area contributed by atoms with E-state index < -0.39 is 5.78 Å². The third-order valence-corrected chi connectivity index (χ3v) is 5.75. The van der Waals surface area contributed by atoms with Crippen molar-refractivity contribution in [2.75, 3.05) is 21.3 Å². The number of ether oxygens (including phenoxy) is 5.